The Bertz CT molecular complexity index is 539. The normalized spacial score (nSPS) is 10.7. The van der Waals surface area contributed by atoms with Crippen molar-refractivity contribution in [2.24, 2.45) is 5.73 Å². The highest BCUT2D eigenvalue weighted by atomic mass is 35.5. The predicted octanol–water partition coefficient (Wildman–Crippen LogP) is 2.98. The molecule has 1 heterocycles. The van der Waals surface area contributed by atoms with Gasteiger partial charge in [0.05, 0.1) is 12.4 Å². The van der Waals surface area contributed by atoms with Crippen LogP contribution in [-0.4, -0.2) is 9.78 Å². The van der Waals surface area contributed by atoms with Gasteiger partial charge in [0.25, 0.3) is 0 Å². The Labute approximate surface area is 118 Å². The van der Waals surface area contributed by atoms with Crippen LogP contribution in [0.2, 0.25) is 5.02 Å². The number of nitrogens with zero attached hydrogens (tertiary/aromatic N) is 2. The summed E-state index contributed by atoms with van der Waals surface area (Å²) in [5.41, 5.74) is 7.53. The Balaban J connectivity index is 1.97. The van der Waals surface area contributed by atoms with E-state index in [2.05, 4.69) is 12.0 Å². The number of hydrogen-bond acceptors (Lipinski definition) is 3. The van der Waals surface area contributed by atoms with Gasteiger partial charge in [0, 0.05) is 23.7 Å². The van der Waals surface area contributed by atoms with Crippen LogP contribution in [0.5, 0.6) is 5.75 Å². The minimum Gasteiger partial charge on any atom is -0.486 e. The molecule has 0 unspecified atom stereocenters. The zero-order valence-corrected chi connectivity index (χ0v) is 11.7. The Morgan fingerprint density at radius 2 is 2.26 bits per heavy atom. The van der Waals surface area contributed by atoms with E-state index < -0.39 is 0 Å². The van der Waals surface area contributed by atoms with E-state index in [1.54, 1.807) is 6.20 Å². The molecule has 19 heavy (non-hydrogen) atoms. The van der Waals surface area contributed by atoms with Gasteiger partial charge in [-0.2, -0.15) is 5.10 Å². The lowest BCUT2D eigenvalue weighted by Crippen LogP contribution is -2.00. The van der Waals surface area contributed by atoms with Gasteiger partial charge in [-0.3, -0.25) is 4.68 Å². The molecule has 1 aromatic heterocycles. The highest BCUT2D eigenvalue weighted by molar-refractivity contribution is 6.31. The maximum atomic E-state index is 6.17. The molecule has 0 fully saturated rings. The van der Waals surface area contributed by atoms with Crippen molar-refractivity contribution in [2.45, 2.75) is 33.0 Å². The summed E-state index contributed by atoms with van der Waals surface area (Å²) >= 11 is 6.17. The van der Waals surface area contributed by atoms with Gasteiger partial charge in [0.2, 0.25) is 0 Å². The second-order valence-corrected chi connectivity index (χ2v) is 4.76. The van der Waals surface area contributed by atoms with E-state index in [4.69, 9.17) is 22.1 Å². The van der Waals surface area contributed by atoms with Crippen LogP contribution >= 0.6 is 11.6 Å². The molecule has 102 valence electrons. The highest BCUT2D eigenvalue weighted by Gasteiger charge is 2.04. The maximum Gasteiger partial charge on any atom is 0.157 e. The molecular weight excluding hydrogens is 262 g/mol. The fourth-order valence-corrected chi connectivity index (χ4v) is 2.02. The maximum absolute atomic E-state index is 6.17. The Morgan fingerprint density at radius 3 is 2.95 bits per heavy atom. The van der Waals surface area contributed by atoms with Crippen molar-refractivity contribution in [2.75, 3.05) is 0 Å². The van der Waals surface area contributed by atoms with Crippen molar-refractivity contribution < 1.29 is 4.74 Å². The van der Waals surface area contributed by atoms with E-state index in [0.717, 1.165) is 29.8 Å². The summed E-state index contributed by atoms with van der Waals surface area (Å²) < 4.78 is 7.54. The minimum atomic E-state index is 0.432. The molecule has 0 radical (unpaired) electrons. The van der Waals surface area contributed by atoms with Gasteiger partial charge in [-0.25, -0.2) is 0 Å². The summed E-state index contributed by atoms with van der Waals surface area (Å²) in [5.74, 6) is 0.757. The topological polar surface area (TPSA) is 53.1 Å². The summed E-state index contributed by atoms with van der Waals surface area (Å²) in [6.45, 7) is 3.93. The minimum absolute atomic E-state index is 0.432. The molecule has 4 nitrogen and oxygen atoms in total. The lowest BCUT2D eigenvalue weighted by molar-refractivity contribution is 0.306. The molecule has 5 heteroatoms. The molecule has 0 spiro atoms. The van der Waals surface area contributed by atoms with Crippen LogP contribution in [-0.2, 0) is 19.7 Å². The number of hydrogen-bond donors (Lipinski definition) is 1. The van der Waals surface area contributed by atoms with E-state index in [1.165, 1.54) is 0 Å². The first-order chi connectivity index (χ1) is 9.22. The van der Waals surface area contributed by atoms with Crippen molar-refractivity contribution in [3.05, 3.63) is 46.7 Å². The van der Waals surface area contributed by atoms with Crippen LogP contribution in [0.4, 0.5) is 0 Å². The number of rotatable bonds is 6. The Hall–Kier alpha value is -1.52. The molecule has 0 aliphatic rings. The average molecular weight is 280 g/mol. The van der Waals surface area contributed by atoms with Gasteiger partial charge < -0.3 is 10.5 Å². The lowest BCUT2D eigenvalue weighted by atomic mass is 10.1. The summed E-state index contributed by atoms with van der Waals surface area (Å²) in [7, 11) is 0. The van der Waals surface area contributed by atoms with E-state index in [9.17, 15) is 0 Å². The number of nitrogens with two attached hydrogens (primary N) is 1. The van der Waals surface area contributed by atoms with Crippen LogP contribution in [0.15, 0.2) is 30.6 Å². The van der Waals surface area contributed by atoms with Crippen molar-refractivity contribution >= 4 is 11.6 Å². The second-order valence-electron chi connectivity index (χ2n) is 4.36. The molecule has 0 bridgehead atoms. The van der Waals surface area contributed by atoms with Gasteiger partial charge in [-0.15, -0.1) is 0 Å². The third-order valence-electron chi connectivity index (χ3n) is 2.81. The van der Waals surface area contributed by atoms with Crippen LogP contribution < -0.4 is 10.5 Å². The van der Waals surface area contributed by atoms with Crippen molar-refractivity contribution in [1.82, 2.24) is 9.78 Å². The number of ether oxygens (including phenoxy) is 1. The monoisotopic (exact) mass is 279 g/mol. The van der Waals surface area contributed by atoms with Gasteiger partial charge in [0.1, 0.15) is 6.61 Å². The molecule has 2 rings (SSSR count). The molecule has 2 N–H and O–H groups in total. The first-order valence-electron chi connectivity index (χ1n) is 6.35. The summed E-state index contributed by atoms with van der Waals surface area (Å²) in [6.07, 6.45) is 4.66. The molecule has 1 aromatic carbocycles. The first-order valence-corrected chi connectivity index (χ1v) is 6.73. The summed E-state index contributed by atoms with van der Waals surface area (Å²) in [6, 6.07) is 5.78. The lowest BCUT2D eigenvalue weighted by Gasteiger charge is -2.07. The SMILES string of the molecule is CCCn1cc(OCc2ccc(CN)cc2Cl)cn1. The molecule has 0 atom stereocenters. The predicted molar refractivity (Wildman–Crippen MR) is 76.2 cm³/mol. The molecule has 2 aromatic rings. The molecular formula is C14H18ClN3O. The van der Waals surface area contributed by atoms with Crippen LogP contribution in [0.1, 0.15) is 24.5 Å². The van der Waals surface area contributed by atoms with E-state index in [0.29, 0.717) is 18.2 Å². The van der Waals surface area contributed by atoms with Crippen LogP contribution in [0.3, 0.4) is 0 Å². The van der Waals surface area contributed by atoms with Crippen molar-refractivity contribution in [1.29, 1.82) is 0 Å². The van der Waals surface area contributed by atoms with Gasteiger partial charge in [-0.1, -0.05) is 30.7 Å². The number of halogens is 1. The molecule has 0 aliphatic carbocycles. The largest absolute Gasteiger partial charge is 0.486 e. The third-order valence-corrected chi connectivity index (χ3v) is 3.16. The zero-order chi connectivity index (χ0) is 13.7. The Kier molecular flexibility index (Phi) is 4.82. The molecule has 0 saturated heterocycles. The summed E-state index contributed by atoms with van der Waals surface area (Å²) in [5, 5.41) is 4.89. The fraction of sp³-hybridized carbons (Fsp3) is 0.357. The van der Waals surface area contributed by atoms with E-state index >= 15 is 0 Å². The smallest absolute Gasteiger partial charge is 0.157 e. The first kappa shape index (κ1) is 13.9. The van der Waals surface area contributed by atoms with Crippen molar-refractivity contribution in [3.63, 3.8) is 0 Å². The van der Waals surface area contributed by atoms with Crippen LogP contribution in [0, 0.1) is 0 Å². The van der Waals surface area contributed by atoms with Gasteiger partial charge >= 0.3 is 0 Å². The van der Waals surface area contributed by atoms with Gasteiger partial charge in [-0.05, 0) is 18.1 Å². The third kappa shape index (κ3) is 3.72. The fourth-order valence-electron chi connectivity index (χ4n) is 1.77. The number of aromatic nitrogens is 2. The Morgan fingerprint density at radius 1 is 1.42 bits per heavy atom. The quantitative estimate of drug-likeness (QED) is 0.884. The van der Waals surface area contributed by atoms with Gasteiger partial charge in [0.15, 0.2) is 5.75 Å². The second kappa shape index (κ2) is 6.59. The van der Waals surface area contributed by atoms with E-state index in [-0.39, 0.29) is 0 Å². The molecule has 0 aliphatic heterocycles. The summed E-state index contributed by atoms with van der Waals surface area (Å²) in [4.78, 5) is 0. The number of aryl methyl sites for hydroxylation is 1. The zero-order valence-electron chi connectivity index (χ0n) is 11.0. The molecule has 0 saturated carbocycles. The average Bonchev–Trinajstić information content (AvgIpc) is 2.85. The molecule has 0 amide bonds. The van der Waals surface area contributed by atoms with Crippen molar-refractivity contribution in [3.8, 4) is 5.75 Å². The number of benzene rings is 1. The van der Waals surface area contributed by atoms with E-state index in [1.807, 2.05) is 29.1 Å². The highest BCUT2D eigenvalue weighted by Crippen LogP contribution is 2.20. The van der Waals surface area contributed by atoms with Crippen LogP contribution in [0.25, 0.3) is 0 Å². The standard InChI is InChI=1S/C14H18ClN3O/c1-2-5-18-9-13(8-17-18)19-10-12-4-3-11(7-16)6-14(12)15/h3-4,6,8-9H,2,5,7,10,16H2,1H3.